The molecule has 0 aliphatic heterocycles. The zero-order chi connectivity index (χ0) is 47.9. The number of hydrogen-bond acceptors (Lipinski definition) is 6. The predicted octanol–water partition coefficient (Wildman–Crippen LogP) is 17.9. The minimum atomic E-state index is -0.814. The summed E-state index contributed by atoms with van der Waals surface area (Å²) in [6.07, 6.45) is 72.2. The number of allylic oxidation sites excluding steroid dienone is 18. The van der Waals surface area contributed by atoms with Crippen LogP contribution in [-0.4, -0.2) is 37.2 Å². The van der Waals surface area contributed by atoms with Gasteiger partial charge in [0, 0.05) is 19.3 Å². The highest BCUT2D eigenvalue weighted by Crippen LogP contribution is 2.14. The van der Waals surface area contributed by atoms with Crippen LogP contribution in [0, 0.1) is 0 Å². The van der Waals surface area contributed by atoms with Crippen LogP contribution >= 0.6 is 0 Å². The van der Waals surface area contributed by atoms with E-state index in [-0.39, 0.29) is 37.5 Å². The maximum Gasteiger partial charge on any atom is 0.306 e. The maximum absolute atomic E-state index is 12.8. The molecule has 0 amide bonds. The fourth-order valence-electron chi connectivity index (χ4n) is 6.99. The van der Waals surface area contributed by atoms with Crippen LogP contribution in [0.1, 0.15) is 233 Å². The van der Waals surface area contributed by atoms with E-state index < -0.39 is 6.10 Å². The van der Waals surface area contributed by atoms with E-state index in [1.165, 1.54) is 83.5 Å². The van der Waals surface area contributed by atoms with Gasteiger partial charge in [0.25, 0.3) is 0 Å². The number of ether oxygens (including phenoxy) is 3. The maximum atomic E-state index is 12.8. The van der Waals surface area contributed by atoms with Gasteiger partial charge >= 0.3 is 17.9 Å². The van der Waals surface area contributed by atoms with Crippen molar-refractivity contribution in [1.82, 2.24) is 0 Å². The summed E-state index contributed by atoms with van der Waals surface area (Å²) < 4.78 is 16.7. The van der Waals surface area contributed by atoms with Crippen LogP contribution in [0.3, 0.4) is 0 Å². The molecule has 6 heteroatoms. The summed E-state index contributed by atoms with van der Waals surface area (Å²) in [6.45, 7) is 6.41. The highest BCUT2D eigenvalue weighted by molar-refractivity contribution is 5.71. The Hall–Kier alpha value is -3.93. The third-order valence-electron chi connectivity index (χ3n) is 11.0. The molecular weight excluding hydrogens is 817 g/mol. The van der Waals surface area contributed by atoms with Crippen molar-refractivity contribution in [1.29, 1.82) is 0 Å². The predicted molar refractivity (Wildman–Crippen MR) is 283 cm³/mol. The van der Waals surface area contributed by atoms with Gasteiger partial charge in [-0.1, -0.05) is 220 Å². The highest BCUT2D eigenvalue weighted by atomic mass is 16.6. The van der Waals surface area contributed by atoms with Crippen molar-refractivity contribution in [2.75, 3.05) is 13.2 Å². The molecule has 0 unspecified atom stereocenters. The van der Waals surface area contributed by atoms with E-state index >= 15 is 0 Å². The van der Waals surface area contributed by atoms with Crippen molar-refractivity contribution in [3.8, 4) is 0 Å². The summed E-state index contributed by atoms with van der Waals surface area (Å²) in [7, 11) is 0. The molecular formula is C60H98O6. The summed E-state index contributed by atoms with van der Waals surface area (Å²) in [5, 5.41) is 0. The molecule has 1 atom stereocenters. The molecule has 0 aromatic rings. The molecule has 0 saturated carbocycles. The number of carbonyl (C=O) groups is 3. The number of esters is 3. The van der Waals surface area contributed by atoms with Gasteiger partial charge in [-0.15, -0.1) is 0 Å². The molecule has 0 rings (SSSR count). The van der Waals surface area contributed by atoms with Crippen molar-refractivity contribution in [2.45, 2.75) is 239 Å². The van der Waals surface area contributed by atoms with Gasteiger partial charge in [-0.3, -0.25) is 14.4 Å². The molecule has 0 bridgehead atoms. The van der Waals surface area contributed by atoms with E-state index in [9.17, 15) is 14.4 Å². The minimum absolute atomic E-state index is 0.113. The Morgan fingerprint density at radius 1 is 0.318 bits per heavy atom. The molecule has 0 spiro atoms. The number of rotatable bonds is 47. The molecule has 0 heterocycles. The SMILES string of the molecule is CC/C=C\C/C=C\C/C=C\C/C=C\C/C=C\CCCC(=O)OC[C@H](COC(=O)CCCCC/C=C\C/C=C\C/C=C\C/C=C\CCCCC)OC(=O)CCCCCCCCCCCCCC. The lowest BCUT2D eigenvalue weighted by Crippen LogP contribution is -2.30. The quantitative estimate of drug-likeness (QED) is 0.0262. The summed E-state index contributed by atoms with van der Waals surface area (Å²) in [6, 6.07) is 0. The summed E-state index contributed by atoms with van der Waals surface area (Å²) >= 11 is 0. The second-order valence-electron chi connectivity index (χ2n) is 17.4. The lowest BCUT2D eigenvalue weighted by Gasteiger charge is -2.18. The van der Waals surface area contributed by atoms with Gasteiger partial charge in [-0.05, 0) is 103 Å². The van der Waals surface area contributed by atoms with Crippen LogP contribution in [0.2, 0.25) is 0 Å². The lowest BCUT2D eigenvalue weighted by molar-refractivity contribution is -0.167. The van der Waals surface area contributed by atoms with Crippen molar-refractivity contribution < 1.29 is 28.6 Å². The zero-order valence-electron chi connectivity index (χ0n) is 42.7. The van der Waals surface area contributed by atoms with Gasteiger partial charge in [-0.25, -0.2) is 0 Å². The van der Waals surface area contributed by atoms with E-state index in [0.29, 0.717) is 19.3 Å². The summed E-state index contributed by atoms with van der Waals surface area (Å²) in [4.78, 5) is 38.0. The largest absolute Gasteiger partial charge is 0.462 e. The molecule has 0 fully saturated rings. The second kappa shape index (κ2) is 53.7. The third-order valence-corrected chi connectivity index (χ3v) is 11.0. The smallest absolute Gasteiger partial charge is 0.306 e. The van der Waals surface area contributed by atoms with E-state index in [4.69, 9.17) is 14.2 Å². The first-order valence-corrected chi connectivity index (χ1v) is 26.9. The van der Waals surface area contributed by atoms with Crippen LogP contribution in [0.5, 0.6) is 0 Å². The molecule has 0 aliphatic rings. The van der Waals surface area contributed by atoms with Crippen LogP contribution in [0.4, 0.5) is 0 Å². The van der Waals surface area contributed by atoms with E-state index in [2.05, 4.69) is 130 Å². The molecule has 0 aromatic heterocycles. The normalized spacial score (nSPS) is 13.0. The number of carbonyl (C=O) groups excluding carboxylic acids is 3. The third kappa shape index (κ3) is 51.1. The molecule has 0 aromatic carbocycles. The van der Waals surface area contributed by atoms with Gasteiger partial charge in [0.1, 0.15) is 13.2 Å². The lowest BCUT2D eigenvalue weighted by atomic mass is 10.0. The average molecular weight is 915 g/mol. The van der Waals surface area contributed by atoms with Crippen molar-refractivity contribution in [3.05, 3.63) is 109 Å². The van der Waals surface area contributed by atoms with Gasteiger partial charge < -0.3 is 14.2 Å². The molecule has 0 aliphatic carbocycles. The molecule has 0 radical (unpaired) electrons. The Morgan fingerprint density at radius 2 is 0.606 bits per heavy atom. The molecule has 0 N–H and O–H groups in total. The Morgan fingerprint density at radius 3 is 1.02 bits per heavy atom. The van der Waals surface area contributed by atoms with Crippen LogP contribution in [0.25, 0.3) is 0 Å². The molecule has 374 valence electrons. The highest BCUT2D eigenvalue weighted by Gasteiger charge is 2.19. The van der Waals surface area contributed by atoms with E-state index in [0.717, 1.165) is 103 Å². The van der Waals surface area contributed by atoms with Gasteiger partial charge in [0.15, 0.2) is 6.10 Å². The number of hydrogen-bond donors (Lipinski definition) is 0. The first-order chi connectivity index (χ1) is 32.5. The van der Waals surface area contributed by atoms with Gasteiger partial charge in [0.05, 0.1) is 0 Å². The van der Waals surface area contributed by atoms with Crippen LogP contribution in [-0.2, 0) is 28.6 Å². The first-order valence-electron chi connectivity index (χ1n) is 26.9. The van der Waals surface area contributed by atoms with Crippen LogP contribution in [0.15, 0.2) is 109 Å². The minimum Gasteiger partial charge on any atom is -0.462 e. The monoisotopic (exact) mass is 915 g/mol. The first kappa shape index (κ1) is 62.1. The Bertz CT molecular complexity index is 1370. The average Bonchev–Trinajstić information content (AvgIpc) is 3.31. The van der Waals surface area contributed by atoms with E-state index in [1.807, 2.05) is 0 Å². The molecule has 0 saturated heterocycles. The Kier molecular flexibility index (Phi) is 50.5. The fraction of sp³-hybridized carbons (Fsp3) is 0.650. The fourth-order valence-corrected chi connectivity index (χ4v) is 6.99. The molecule has 6 nitrogen and oxygen atoms in total. The van der Waals surface area contributed by atoms with E-state index in [1.54, 1.807) is 0 Å². The van der Waals surface area contributed by atoms with Gasteiger partial charge in [0.2, 0.25) is 0 Å². The Labute approximate surface area is 406 Å². The standard InChI is InChI=1S/C60H98O6/c1-4-7-10-13-16-19-22-25-27-29-30-32-34-36-39-41-44-47-50-53-59(62)65-56-57(66-60(63)54-51-48-45-42-37-24-21-18-15-12-9-6-3)55-64-58(61)52-49-46-43-40-38-35-33-31-28-26-23-20-17-14-11-8-5-2/h8,11,16-17,19-20,25-28,30,32-33,35-36,39-40,43,57H,4-7,9-10,12-15,18,21-24,29,31,34,37-38,41-42,44-56H2,1-3H3/b11-8-,19-16-,20-17-,27-25-,28-26-,32-30-,35-33-,39-36-,43-40-/t57-/m1/s1. The number of unbranched alkanes of at least 4 members (excludes halogenated alkanes) is 18. The second-order valence-corrected chi connectivity index (χ2v) is 17.4. The molecule has 66 heavy (non-hydrogen) atoms. The summed E-state index contributed by atoms with van der Waals surface area (Å²) in [5.74, 6) is -1.00. The topological polar surface area (TPSA) is 78.9 Å². The zero-order valence-corrected chi connectivity index (χ0v) is 42.7. The van der Waals surface area contributed by atoms with Crippen molar-refractivity contribution in [3.63, 3.8) is 0 Å². The summed E-state index contributed by atoms with van der Waals surface area (Å²) in [5.41, 5.74) is 0. The Balaban J connectivity index is 4.51. The van der Waals surface area contributed by atoms with Crippen LogP contribution < -0.4 is 0 Å². The van der Waals surface area contributed by atoms with Gasteiger partial charge in [-0.2, -0.15) is 0 Å². The van der Waals surface area contributed by atoms with Crippen molar-refractivity contribution >= 4 is 17.9 Å². The van der Waals surface area contributed by atoms with Crippen molar-refractivity contribution in [2.24, 2.45) is 0 Å².